The molecule has 0 fully saturated rings. The highest BCUT2D eigenvalue weighted by Crippen LogP contribution is 2.34. The van der Waals surface area contributed by atoms with E-state index in [9.17, 15) is 13.5 Å². The Labute approximate surface area is 210 Å². The molecule has 1 N–H and O–H groups in total. The molecular weight excluding hydrogens is 462 g/mol. The second-order valence-corrected chi connectivity index (χ2v) is 11.5. The van der Waals surface area contributed by atoms with Crippen LogP contribution in [0.25, 0.3) is 0 Å². The number of rotatable bonds is 7. The van der Waals surface area contributed by atoms with E-state index in [0.29, 0.717) is 24.4 Å². The Morgan fingerprint density at radius 3 is 2.54 bits per heavy atom. The number of aliphatic hydroxyl groups excluding tert-OH is 1. The van der Waals surface area contributed by atoms with Crippen LogP contribution < -0.4 is 4.74 Å². The number of hydrogen-bond donors (Lipinski definition) is 1. The Morgan fingerprint density at radius 2 is 1.89 bits per heavy atom. The van der Waals surface area contributed by atoms with Crippen LogP contribution in [0.5, 0.6) is 5.75 Å². The van der Waals surface area contributed by atoms with Gasteiger partial charge in [-0.2, -0.15) is 4.31 Å². The Bertz CT molecular complexity index is 1140. The van der Waals surface area contributed by atoms with Gasteiger partial charge in [0.25, 0.3) is 0 Å². The van der Waals surface area contributed by atoms with Crippen molar-refractivity contribution in [3.8, 4) is 17.6 Å². The van der Waals surface area contributed by atoms with Gasteiger partial charge < -0.3 is 9.84 Å². The Balaban J connectivity index is 1.97. The highest BCUT2D eigenvalue weighted by Gasteiger charge is 2.38. The van der Waals surface area contributed by atoms with Crippen LogP contribution in [-0.2, 0) is 16.6 Å². The molecule has 0 spiro atoms. The molecule has 2 aromatic carbocycles. The van der Waals surface area contributed by atoms with Gasteiger partial charge in [0.05, 0.1) is 13.2 Å². The van der Waals surface area contributed by atoms with Gasteiger partial charge in [-0.15, -0.1) is 0 Å². The quantitative estimate of drug-likeness (QED) is 0.591. The van der Waals surface area contributed by atoms with Crippen molar-refractivity contribution >= 4 is 10.0 Å². The number of aliphatic hydroxyl groups is 1. The summed E-state index contributed by atoms with van der Waals surface area (Å²) in [5.41, 5.74) is 1.90. The van der Waals surface area contributed by atoms with Crippen molar-refractivity contribution in [2.24, 2.45) is 5.92 Å². The summed E-state index contributed by atoms with van der Waals surface area (Å²) >= 11 is 0. The van der Waals surface area contributed by atoms with Gasteiger partial charge in [0.15, 0.2) is 0 Å². The van der Waals surface area contributed by atoms with Crippen LogP contribution in [0.2, 0.25) is 0 Å². The minimum absolute atomic E-state index is 0.103. The van der Waals surface area contributed by atoms with Crippen LogP contribution in [0.3, 0.4) is 0 Å². The fraction of sp³-hybridized carbons (Fsp3) is 0.481. The van der Waals surface area contributed by atoms with E-state index in [0.717, 1.165) is 6.54 Å². The van der Waals surface area contributed by atoms with Gasteiger partial charge in [-0.05, 0) is 51.8 Å². The second-order valence-electron chi connectivity index (χ2n) is 9.62. The zero-order valence-corrected chi connectivity index (χ0v) is 22.1. The van der Waals surface area contributed by atoms with Crippen molar-refractivity contribution in [1.29, 1.82) is 0 Å². The largest absolute Gasteiger partial charge is 0.487 e. The predicted octanol–water partition coefficient (Wildman–Crippen LogP) is 2.50. The van der Waals surface area contributed by atoms with E-state index in [1.165, 1.54) is 9.87 Å². The Morgan fingerprint density at radius 1 is 1.17 bits per heavy atom. The first-order chi connectivity index (χ1) is 16.6. The van der Waals surface area contributed by atoms with Crippen molar-refractivity contribution in [3.05, 3.63) is 59.7 Å². The van der Waals surface area contributed by atoms with E-state index < -0.39 is 16.1 Å². The third-order valence-corrected chi connectivity index (χ3v) is 8.10. The molecule has 0 saturated heterocycles. The fourth-order valence-corrected chi connectivity index (χ4v) is 5.91. The fourth-order valence-electron chi connectivity index (χ4n) is 4.09. The normalized spacial score (nSPS) is 20.8. The number of benzene rings is 2. The van der Waals surface area contributed by atoms with Crippen LogP contribution in [0, 0.1) is 17.8 Å². The number of hydrogen-bond acceptors (Lipinski definition) is 6. The van der Waals surface area contributed by atoms with E-state index in [-0.39, 0.29) is 30.1 Å². The topological polar surface area (TPSA) is 73.3 Å². The van der Waals surface area contributed by atoms with Crippen molar-refractivity contribution in [2.45, 2.75) is 37.4 Å². The van der Waals surface area contributed by atoms with E-state index in [4.69, 9.17) is 4.74 Å². The maximum atomic E-state index is 13.6. The van der Waals surface area contributed by atoms with E-state index in [1.54, 1.807) is 25.1 Å². The highest BCUT2D eigenvalue weighted by atomic mass is 32.2. The van der Waals surface area contributed by atoms with Gasteiger partial charge in [0, 0.05) is 37.2 Å². The lowest BCUT2D eigenvalue weighted by molar-refractivity contribution is 0.0733. The van der Waals surface area contributed by atoms with Gasteiger partial charge in [-0.3, -0.25) is 9.80 Å². The molecule has 0 saturated carbocycles. The summed E-state index contributed by atoms with van der Waals surface area (Å²) in [5.74, 6) is 6.40. The molecule has 8 heteroatoms. The molecule has 0 aliphatic carbocycles. The molecule has 0 amide bonds. The van der Waals surface area contributed by atoms with Crippen molar-refractivity contribution < 1.29 is 18.3 Å². The summed E-state index contributed by atoms with van der Waals surface area (Å²) in [5, 5.41) is 9.81. The van der Waals surface area contributed by atoms with Gasteiger partial charge in [-0.1, -0.05) is 49.1 Å². The first-order valence-corrected chi connectivity index (χ1v) is 13.3. The van der Waals surface area contributed by atoms with Crippen LogP contribution in [0.1, 0.15) is 25.0 Å². The summed E-state index contributed by atoms with van der Waals surface area (Å²) in [4.78, 5) is 4.27. The first-order valence-electron chi connectivity index (χ1n) is 11.9. The average Bonchev–Trinajstić information content (AvgIpc) is 2.81. The molecular formula is C27H37N3O4S. The van der Waals surface area contributed by atoms with E-state index >= 15 is 0 Å². The lowest BCUT2D eigenvalue weighted by Gasteiger charge is -2.37. The molecule has 3 rings (SSSR count). The lowest BCUT2D eigenvalue weighted by atomic mass is 10.0. The molecule has 1 aliphatic heterocycles. The summed E-state index contributed by atoms with van der Waals surface area (Å²) in [6, 6.07) is 14.7. The van der Waals surface area contributed by atoms with Gasteiger partial charge in [0.1, 0.15) is 16.7 Å². The van der Waals surface area contributed by atoms with Crippen molar-refractivity contribution in [2.75, 3.05) is 47.4 Å². The molecule has 35 heavy (non-hydrogen) atoms. The summed E-state index contributed by atoms with van der Waals surface area (Å²) < 4.78 is 35.0. The summed E-state index contributed by atoms with van der Waals surface area (Å²) in [7, 11) is 2.07. The van der Waals surface area contributed by atoms with Gasteiger partial charge in [-0.25, -0.2) is 8.42 Å². The zero-order chi connectivity index (χ0) is 25.6. The molecule has 3 atom stereocenters. The third-order valence-electron chi connectivity index (χ3n) is 6.08. The van der Waals surface area contributed by atoms with E-state index in [1.807, 2.05) is 51.2 Å². The average molecular weight is 500 g/mol. The van der Waals surface area contributed by atoms with E-state index in [2.05, 4.69) is 28.9 Å². The lowest BCUT2D eigenvalue weighted by Crippen LogP contribution is -2.49. The minimum atomic E-state index is -3.86. The predicted molar refractivity (Wildman–Crippen MR) is 139 cm³/mol. The molecule has 0 aromatic heterocycles. The summed E-state index contributed by atoms with van der Waals surface area (Å²) in [6.45, 7) is 5.71. The number of likely N-dealkylation sites (N-methyl/N-ethyl adjacent to an activating group) is 1. The molecule has 0 unspecified atom stereocenters. The Kier molecular flexibility index (Phi) is 9.34. The van der Waals surface area contributed by atoms with Crippen LogP contribution in [0.15, 0.2) is 53.4 Å². The van der Waals surface area contributed by atoms with Crippen LogP contribution in [-0.4, -0.2) is 87.2 Å². The highest BCUT2D eigenvalue weighted by molar-refractivity contribution is 7.89. The molecule has 2 aromatic rings. The van der Waals surface area contributed by atoms with Gasteiger partial charge >= 0.3 is 0 Å². The number of fused-ring (bicyclic) bond motifs is 1. The maximum absolute atomic E-state index is 13.6. The summed E-state index contributed by atoms with van der Waals surface area (Å²) in [6.07, 6.45) is -0.253. The van der Waals surface area contributed by atoms with Crippen molar-refractivity contribution in [1.82, 2.24) is 14.1 Å². The molecule has 1 aliphatic rings. The number of ether oxygens (including phenoxy) is 1. The second kappa shape index (κ2) is 12.0. The molecule has 190 valence electrons. The monoisotopic (exact) mass is 499 g/mol. The smallest absolute Gasteiger partial charge is 0.247 e. The van der Waals surface area contributed by atoms with Gasteiger partial charge in [0.2, 0.25) is 10.0 Å². The Hall–Kier alpha value is -2.41. The number of sulfonamides is 1. The van der Waals surface area contributed by atoms with Crippen molar-refractivity contribution in [3.63, 3.8) is 0 Å². The third kappa shape index (κ3) is 7.06. The first kappa shape index (κ1) is 27.2. The molecule has 1 heterocycles. The van der Waals surface area contributed by atoms with Crippen LogP contribution >= 0.6 is 0 Å². The molecule has 7 nitrogen and oxygen atoms in total. The number of nitrogens with zero attached hydrogens (tertiary/aromatic N) is 3. The van der Waals surface area contributed by atoms with Crippen LogP contribution in [0.4, 0.5) is 0 Å². The minimum Gasteiger partial charge on any atom is -0.487 e. The standard InChI is InChI=1S/C27H37N3O4S/c1-21-17-30(22(2)20-31)35(32,33)27-14-13-23(12-9-15-28(3)4)16-25(27)34-26(21)19-29(5)18-24-10-7-6-8-11-24/h6-8,10-11,13-14,16,21-22,26,31H,15,17-20H2,1-5H3/t21-,22-,26+/m0/s1. The molecule has 0 bridgehead atoms. The molecule has 0 radical (unpaired) electrons. The SMILES string of the molecule is C[C@H]1CN([C@@H](C)CO)S(=O)(=O)c2ccc(C#CCN(C)C)cc2O[C@@H]1CN(C)Cc1ccccc1. The maximum Gasteiger partial charge on any atom is 0.247 e. The zero-order valence-electron chi connectivity index (χ0n) is 21.3.